The summed E-state index contributed by atoms with van der Waals surface area (Å²) in [6.45, 7) is 0.967. The first-order valence-corrected chi connectivity index (χ1v) is 6.42. The van der Waals surface area contributed by atoms with Crippen LogP contribution in [0.1, 0.15) is 5.56 Å². The highest BCUT2D eigenvalue weighted by atomic mass is 15.3. The monoisotopic (exact) mass is 250 g/mol. The molecular formula is C15H14N4. The number of nitrogens with one attached hydrogen (secondary N) is 1. The van der Waals surface area contributed by atoms with Crippen molar-refractivity contribution in [1.82, 2.24) is 9.97 Å². The maximum Gasteiger partial charge on any atom is 0.208 e. The molecule has 0 aliphatic carbocycles. The standard InChI is InChI=1S/C15H14N4/c16-11-5-6-12-13(9-11)18-15(17-12)19-8-7-10-3-1-2-4-14(10)19/h1-6,9H,7-8,16H2,(H,17,18). The van der Waals surface area contributed by atoms with E-state index in [1.54, 1.807) is 0 Å². The number of rotatable bonds is 1. The van der Waals surface area contributed by atoms with Gasteiger partial charge in [-0.05, 0) is 36.2 Å². The van der Waals surface area contributed by atoms with Crippen molar-refractivity contribution in [2.45, 2.75) is 6.42 Å². The maximum absolute atomic E-state index is 5.80. The number of nitrogen functional groups attached to an aromatic ring is 1. The van der Waals surface area contributed by atoms with E-state index in [9.17, 15) is 0 Å². The van der Waals surface area contributed by atoms with Gasteiger partial charge in [-0.1, -0.05) is 18.2 Å². The van der Waals surface area contributed by atoms with Gasteiger partial charge < -0.3 is 15.6 Å². The third-order valence-corrected chi connectivity index (χ3v) is 3.64. The zero-order valence-corrected chi connectivity index (χ0v) is 10.4. The second kappa shape index (κ2) is 3.75. The van der Waals surface area contributed by atoms with Gasteiger partial charge >= 0.3 is 0 Å². The first-order chi connectivity index (χ1) is 9.31. The molecule has 0 amide bonds. The third-order valence-electron chi connectivity index (χ3n) is 3.64. The van der Waals surface area contributed by atoms with Gasteiger partial charge in [-0.2, -0.15) is 0 Å². The Morgan fingerprint density at radius 3 is 3.00 bits per heavy atom. The summed E-state index contributed by atoms with van der Waals surface area (Å²) in [5.41, 5.74) is 11.1. The Morgan fingerprint density at radius 1 is 1.16 bits per heavy atom. The predicted molar refractivity (Wildman–Crippen MR) is 77.7 cm³/mol. The number of nitrogens with zero attached hydrogens (tertiary/aromatic N) is 2. The number of fused-ring (bicyclic) bond motifs is 2. The van der Waals surface area contributed by atoms with Crippen LogP contribution < -0.4 is 10.6 Å². The van der Waals surface area contributed by atoms with Gasteiger partial charge in [0.15, 0.2) is 0 Å². The van der Waals surface area contributed by atoms with Crippen LogP contribution in [0.4, 0.5) is 17.3 Å². The first kappa shape index (κ1) is 10.4. The molecule has 0 bridgehead atoms. The Hall–Kier alpha value is -2.49. The van der Waals surface area contributed by atoms with E-state index >= 15 is 0 Å². The van der Waals surface area contributed by atoms with Gasteiger partial charge in [0.25, 0.3) is 0 Å². The highest BCUT2D eigenvalue weighted by molar-refractivity contribution is 5.82. The van der Waals surface area contributed by atoms with Gasteiger partial charge in [0.1, 0.15) is 0 Å². The molecule has 4 rings (SSSR count). The van der Waals surface area contributed by atoms with Crippen LogP contribution in [0, 0.1) is 0 Å². The van der Waals surface area contributed by atoms with E-state index in [0.717, 1.165) is 35.6 Å². The number of benzene rings is 2. The molecule has 0 radical (unpaired) electrons. The van der Waals surface area contributed by atoms with E-state index in [0.29, 0.717) is 0 Å². The molecule has 0 fully saturated rings. The third kappa shape index (κ3) is 1.57. The minimum Gasteiger partial charge on any atom is -0.399 e. The molecular weight excluding hydrogens is 236 g/mol. The summed E-state index contributed by atoms with van der Waals surface area (Å²) in [5.74, 6) is 0.894. The molecule has 94 valence electrons. The Bertz CT molecular complexity index is 760. The van der Waals surface area contributed by atoms with Gasteiger partial charge in [0.2, 0.25) is 5.95 Å². The van der Waals surface area contributed by atoms with Crippen molar-refractivity contribution >= 4 is 28.4 Å². The van der Waals surface area contributed by atoms with E-state index < -0.39 is 0 Å². The van der Waals surface area contributed by atoms with E-state index in [1.807, 2.05) is 18.2 Å². The van der Waals surface area contributed by atoms with Gasteiger partial charge in [0.05, 0.1) is 11.0 Å². The fraction of sp³-hybridized carbons (Fsp3) is 0.133. The number of aromatic amines is 1. The number of H-pyrrole nitrogens is 1. The highest BCUT2D eigenvalue weighted by Crippen LogP contribution is 2.33. The molecule has 0 unspecified atom stereocenters. The summed E-state index contributed by atoms with van der Waals surface area (Å²) in [7, 11) is 0. The molecule has 4 nitrogen and oxygen atoms in total. The van der Waals surface area contributed by atoms with Crippen LogP contribution in [-0.2, 0) is 6.42 Å². The van der Waals surface area contributed by atoms with Crippen molar-refractivity contribution in [3.8, 4) is 0 Å². The fourth-order valence-electron chi connectivity index (χ4n) is 2.70. The van der Waals surface area contributed by atoms with Crippen LogP contribution >= 0.6 is 0 Å². The van der Waals surface area contributed by atoms with E-state index in [2.05, 4.69) is 39.1 Å². The van der Waals surface area contributed by atoms with Crippen molar-refractivity contribution in [2.24, 2.45) is 0 Å². The maximum atomic E-state index is 5.80. The quantitative estimate of drug-likeness (QED) is 0.653. The zero-order chi connectivity index (χ0) is 12.8. The lowest BCUT2D eigenvalue weighted by atomic mass is 10.2. The fourth-order valence-corrected chi connectivity index (χ4v) is 2.70. The summed E-state index contributed by atoms with van der Waals surface area (Å²) < 4.78 is 0. The lowest BCUT2D eigenvalue weighted by Crippen LogP contribution is -2.14. The molecule has 1 aliphatic heterocycles. The number of aromatic nitrogens is 2. The van der Waals surface area contributed by atoms with E-state index in [1.165, 1.54) is 11.3 Å². The number of anilines is 3. The lowest BCUT2D eigenvalue weighted by molar-refractivity contribution is 0.962. The average molecular weight is 250 g/mol. The van der Waals surface area contributed by atoms with Crippen LogP contribution in [-0.4, -0.2) is 16.5 Å². The van der Waals surface area contributed by atoms with E-state index in [-0.39, 0.29) is 0 Å². The first-order valence-electron chi connectivity index (χ1n) is 6.42. The summed E-state index contributed by atoms with van der Waals surface area (Å²) >= 11 is 0. The van der Waals surface area contributed by atoms with Gasteiger partial charge in [-0.3, -0.25) is 0 Å². The van der Waals surface area contributed by atoms with Crippen molar-refractivity contribution < 1.29 is 0 Å². The van der Waals surface area contributed by atoms with Crippen LogP contribution in [0.2, 0.25) is 0 Å². The van der Waals surface area contributed by atoms with Gasteiger partial charge in [-0.15, -0.1) is 0 Å². The lowest BCUT2D eigenvalue weighted by Gasteiger charge is -2.15. The Kier molecular flexibility index (Phi) is 2.06. The Labute approximate surface area is 110 Å². The topological polar surface area (TPSA) is 57.9 Å². The number of hydrogen-bond acceptors (Lipinski definition) is 3. The summed E-state index contributed by atoms with van der Waals surface area (Å²) in [6.07, 6.45) is 1.06. The van der Waals surface area contributed by atoms with Gasteiger partial charge in [-0.25, -0.2) is 4.98 Å². The normalized spacial score (nSPS) is 14.0. The summed E-state index contributed by atoms with van der Waals surface area (Å²) in [5, 5.41) is 0. The van der Waals surface area contributed by atoms with Crippen molar-refractivity contribution in [3.05, 3.63) is 48.0 Å². The molecule has 3 aromatic rings. The molecule has 19 heavy (non-hydrogen) atoms. The minimum atomic E-state index is 0.754. The molecule has 1 aliphatic rings. The molecule has 0 atom stereocenters. The van der Waals surface area contributed by atoms with Gasteiger partial charge in [0, 0.05) is 17.9 Å². The Morgan fingerprint density at radius 2 is 2.05 bits per heavy atom. The number of para-hydroxylation sites is 1. The molecule has 0 spiro atoms. The zero-order valence-electron chi connectivity index (χ0n) is 10.4. The SMILES string of the molecule is Nc1ccc2nc(N3CCc4ccccc43)[nH]c2c1. The second-order valence-corrected chi connectivity index (χ2v) is 4.87. The number of nitrogens with two attached hydrogens (primary N) is 1. The molecule has 3 N–H and O–H groups in total. The highest BCUT2D eigenvalue weighted by Gasteiger charge is 2.22. The van der Waals surface area contributed by atoms with Crippen molar-refractivity contribution in [3.63, 3.8) is 0 Å². The number of imidazole rings is 1. The summed E-state index contributed by atoms with van der Waals surface area (Å²) in [6, 6.07) is 14.2. The van der Waals surface area contributed by atoms with E-state index in [4.69, 9.17) is 5.73 Å². The van der Waals surface area contributed by atoms with Crippen molar-refractivity contribution in [2.75, 3.05) is 17.2 Å². The molecule has 0 saturated carbocycles. The van der Waals surface area contributed by atoms with Crippen LogP contribution in [0.5, 0.6) is 0 Å². The largest absolute Gasteiger partial charge is 0.399 e. The predicted octanol–water partition coefficient (Wildman–Crippen LogP) is 2.84. The van der Waals surface area contributed by atoms with Crippen LogP contribution in [0.15, 0.2) is 42.5 Å². The average Bonchev–Trinajstić information content (AvgIpc) is 3.00. The Balaban J connectivity index is 1.83. The van der Waals surface area contributed by atoms with Crippen LogP contribution in [0.25, 0.3) is 11.0 Å². The molecule has 4 heteroatoms. The van der Waals surface area contributed by atoms with Crippen LogP contribution in [0.3, 0.4) is 0 Å². The minimum absolute atomic E-state index is 0.754. The summed E-state index contributed by atoms with van der Waals surface area (Å²) in [4.78, 5) is 10.2. The molecule has 2 heterocycles. The smallest absolute Gasteiger partial charge is 0.208 e. The number of hydrogen-bond donors (Lipinski definition) is 2. The molecule has 1 aromatic heterocycles. The van der Waals surface area contributed by atoms with Crippen molar-refractivity contribution in [1.29, 1.82) is 0 Å². The second-order valence-electron chi connectivity index (χ2n) is 4.87. The molecule has 2 aromatic carbocycles. The molecule has 0 saturated heterocycles.